The summed E-state index contributed by atoms with van der Waals surface area (Å²) in [6, 6.07) is 19.3. The average Bonchev–Trinajstić information content (AvgIpc) is 2.51. The summed E-state index contributed by atoms with van der Waals surface area (Å²) >= 11 is 0. The summed E-state index contributed by atoms with van der Waals surface area (Å²) in [5.41, 5.74) is 1.09. The molecule has 21 heavy (non-hydrogen) atoms. The summed E-state index contributed by atoms with van der Waals surface area (Å²) in [6.07, 6.45) is 3.54. The van der Waals surface area contributed by atoms with Crippen molar-refractivity contribution in [2.45, 2.75) is 6.92 Å². The van der Waals surface area contributed by atoms with E-state index in [1.165, 1.54) is 32.3 Å². The van der Waals surface area contributed by atoms with Gasteiger partial charge in [0.25, 0.3) is 0 Å². The van der Waals surface area contributed by atoms with E-state index in [0.717, 1.165) is 5.56 Å². The van der Waals surface area contributed by atoms with E-state index in [4.69, 9.17) is 0 Å². The Morgan fingerprint density at radius 3 is 2.14 bits per heavy atom. The Kier molecular flexibility index (Phi) is 2.55. The summed E-state index contributed by atoms with van der Waals surface area (Å²) in [5.74, 6) is 0.0701. The fraction of sp³-hybridized carbons (Fsp3) is 0.0500. The molecule has 0 atom stereocenters. The topological polar surface area (TPSA) is 17.1 Å². The van der Waals surface area contributed by atoms with Gasteiger partial charge in [-0.05, 0) is 50.9 Å². The van der Waals surface area contributed by atoms with Crippen molar-refractivity contribution in [3.63, 3.8) is 0 Å². The third-order valence-corrected chi connectivity index (χ3v) is 4.06. The maximum absolute atomic E-state index is 11.2. The lowest BCUT2D eigenvalue weighted by atomic mass is 9.92. The molecule has 0 fully saturated rings. The van der Waals surface area contributed by atoms with Gasteiger partial charge in [-0.25, -0.2) is 0 Å². The number of carbonyl (C=O) groups is 1. The smallest absolute Gasteiger partial charge is 0.152 e. The number of benzene rings is 4. The van der Waals surface area contributed by atoms with Crippen molar-refractivity contribution < 1.29 is 4.79 Å². The first kappa shape index (κ1) is 12.1. The molecule has 4 aromatic rings. The molecule has 4 aromatic carbocycles. The molecule has 0 bridgehead atoms. The highest BCUT2D eigenvalue weighted by Gasteiger charge is 2.09. The van der Waals surface area contributed by atoms with Crippen LogP contribution in [0, 0.1) is 0 Å². The van der Waals surface area contributed by atoms with E-state index in [1.807, 2.05) is 6.08 Å². The predicted molar refractivity (Wildman–Crippen MR) is 89.9 cm³/mol. The lowest BCUT2D eigenvalue weighted by Gasteiger charge is -2.12. The third-order valence-electron chi connectivity index (χ3n) is 4.06. The third kappa shape index (κ3) is 1.82. The molecule has 0 unspecified atom stereocenters. The quantitative estimate of drug-likeness (QED) is 0.362. The van der Waals surface area contributed by atoms with Gasteiger partial charge in [-0.1, -0.05) is 60.7 Å². The number of rotatable bonds is 2. The van der Waals surface area contributed by atoms with E-state index in [9.17, 15) is 4.79 Å². The monoisotopic (exact) mass is 270 g/mol. The summed E-state index contributed by atoms with van der Waals surface area (Å²) in [4.78, 5) is 11.2. The molecule has 1 heteroatoms. The van der Waals surface area contributed by atoms with Gasteiger partial charge in [-0.3, -0.25) is 4.79 Å². The molecule has 0 N–H and O–H groups in total. The molecule has 1 nitrogen and oxygen atoms in total. The molecular weight excluding hydrogens is 256 g/mol. The first-order chi connectivity index (χ1) is 10.2. The molecule has 0 radical (unpaired) electrons. The van der Waals surface area contributed by atoms with Gasteiger partial charge in [0, 0.05) is 0 Å². The number of allylic oxidation sites excluding steroid dienone is 1. The minimum atomic E-state index is 0.0701. The van der Waals surface area contributed by atoms with Gasteiger partial charge in [0.2, 0.25) is 0 Å². The molecule has 0 aromatic heterocycles. The highest BCUT2D eigenvalue weighted by molar-refractivity contribution is 6.24. The standard InChI is InChI=1S/C20H14O/c1-13(21)5-6-14-7-8-17-10-9-15-3-2-4-16-11-12-18(14)20(17)19(15)16/h2-12H,1H3/b6-5+. The van der Waals surface area contributed by atoms with E-state index in [2.05, 4.69) is 54.6 Å². The van der Waals surface area contributed by atoms with Crippen LogP contribution in [0.5, 0.6) is 0 Å². The summed E-state index contributed by atoms with van der Waals surface area (Å²) in [6.45, 7) is 1.58. The Hall–Kier alpha value is -2.67. The van der Waals surface area contributed by atoms with Gasteiger partial charge in [-0.2, -0.15) is 0 Å². The molecule has 4 rings (SSSR count). The molecule has 0 saturated heterocycles. The molecule has 100 valence electrons. The van der Waals surface area contributed by atoms with E-state index >= 15 is 0 Å². The molecule has 0 aliphatic carbocycles. The predicted octanol–water partition coefficient (Wildman–Crippen LogP) is 5.19. The molecule has 0 saturated carbocycles. The Morgan fingerprint density at radius 2 is 1.43 bits per heavy atom. The van der Waals surface area contributed by atoms with Crippen LogP contribution in [0.3, 0.4) is 0 Å². The lowest BCUT2D eigenvalue weighted by molar-refractivity contribution is -0.112. The zero-order valence-electron chi connectivity index (χ0n) is 11.8. The fourth-order valence-electron chi connectivity index (χ4n) is 3.11. The van der Waals surface area contributed by atoms with Gasteiger partial charge < -0.3 is 0 Å². The number of hydrogen-bond donors (Lipinski definition) is 0. The summed E-state index contributed by atoms with van der Waals surface area (Å²) in [5, 5.41) is 7.57. The second kappa shape index (κ2) is 4.42. The van der Waals surface area contributed by atoms with Crippen molar-refractivity contribution in [1.82, 2.24) is 0 Å². The lowest BCUT2D eigenvalue weighted by Crippen LogP contribution is -1.87. The van der Waals surface area contributed by atoms with Crippen LogP contribution in [-0.2, 0) is 4.79 Å². The molecule has 0 aliphatic heterocycles. The normalized spacial score (nSPS) is 12.0. The van der Waals surface area contributed by atoms with Crippen LogP contribution in [-0.4, -0.2) is 5.78 Å². The van der Waals surface area contributed by atoms with Gasteiger partial charge in [-0.15, -0.1) is 0 Å². The average molecular weight is 270 g/mol. The number of hydrogen-bond acceptors (Lipinski definition) is 1. The van der Waals surface area contributed by atoms with Gasteiger partial charge in [0.15, 0.2) is 5.78 Å². The zero-order valence-corrected chi connectivity index (χ0v) is 11.8. The molecule has 0 spiro atoms. The second-order valence-electron chi connectivity index (χ2n) is 5.45. The van der Waals surface area contributed by atoms with Crippen LogP contribution in [0.1, 0.15) is 12.5 Å². The van der Waals surface area contributed by atoms with Crippen LogP contribution in [0.25, 0.3) is 38.4 Å². The van der Waals surface area contributed by atoms with E-state index in [-0.39, 0.29) is 5.78 Å². The first-order valence-electron chi connectivity index (χ1n) is 7.09. The van der Waals surface area contributed by atoms with E-state index in [1.54, 1.807) is 13.0 Å². The van der Waals surface area contributed by atoms with Gasteiger partial charge in [0.1, 0.15) is 0 Å². The zero-order chi connectivity index (χ0) is 14.4. The molecule has 0 heterocycles. The van der Waals surface area contributed by atoms with Crippen LogP contribution in [0.4, 0.5) is 0 Å². The Labute approximate surface area is 122 Å². The maximum Gasteiger partial charge on any atom is 0.152 e. The van der Waals surface area contributed by atoms with Gasteiger partial charge in [0.05, 0.1) is 0 Å². The highest BCUT2D eigenvalue weighted by atomic mass is 16.1. The van der Waals surface area contributed by atoms with Crippen molar-refractivity contribution in [3.8, 4) is 0 Å². The second-order valence-corrected chi connectivity index (χ2v) is 5.45. The molecule has 0 amide bonds. The van der Waals surface area contributed by atoms with Crippen LogP contribution >= 0.6 is 0 Å². The molecular formula is C20H14O. The van der Waals surface area contributed by atoms with Crippen molar-refractivity contribution in [1.29, 1.82) is 0 Å². The minimum absolute atomic E-state index is 0.0701. The maximum atomic E-state index is 11.2. The Balaban J connectivity index is 2.18. The first-order valence-corrected chi connectivity index (χ1v) is 7.09. The number of carbonyl (C=O) groups excluding carboxylic acids is 1. The van der Waals surface area contributed by atoms with Gasteiger partial charge >= 0.3 is 0 Å². The van der Waals surface area contributed by atoms with Crippen molar-refractivity contribution in [2.24, 2.45) is 0 Å². The summed E-state index contributed by atoms with van der Waals surface area (Å²) < 4.78 is 0. The van der Waals surface area contributed by atoms with Crippen molar-refractivity contribution >= 4 is 44.2 Å². The number of ketones is 1. The Morgan fingerprint density at radius 1 is 0.810 bits per heavy atom. The van der Waals surface area contributed by atoms with Crippen molar-refractivity contribution in [2.75, 3.05) is 0 Å². The van der Waals surface area contributed by atoms with E-state index in [0.29, 0.717) is 0 Å². The Bertz CT molecular complexity index is 993. The minimum Gasteiger partial charge on any atom is -0.295 e. The largest absolute Gasteiger partial charge is 0.295 e. The SMILES string of the molecule is CC(=O)/C=C/c1ccc2ccc3cccc4ccc1c2c34. The van der Waals surface area contributed by atoms with Crippen LogP contribution in [0.2, 0.25) is 0 Å². The molecule has 0 aliphatic rings. The highest BCUT2D eigenvalue weighted by Crippen LogP contribution is 2.36. The van der Waals surface area contributed by atoms with Crippen LogP contribution < -0.4 is 0 Å². The van der Waals surface area contributed by atoms with Crippen molar-refractivity contribution in [3.05, 3.63) is 66.2 Å². The van der Waals surface area contributed by atoms with E-state index < -0.39 is 0 Å². The fourth-order valence-corrected chi connectivity index (χ4v) is 3.11. The summed E-state index contributed by atoms with van der Waals surface area (Å²) in [7, 11) is 0. The van der Waals surface area contributed by atoms with Crippen LogP contribution in [0.15, 0.2) is 60.7 Å².